The molecule has 6 nitrogen and oxygen atoms in total. The summed E-state index contributed by atoms with van der Waals surface area (Å²) in [6.45, 7) is 4.13. The highest BCUT2D eigenvalue weighted by atomic mass is 16.2. The molecule has 0 aliphatic carbocycles. The lowest BCUT2D eigenvalue weighted by molar-refractivity contribution is -0.132. The summed E-state index contributed by atoms with van der Waals surface area (Å²) in [5.74, 6) is -0.251. The molecule has 27 heavy (non-hydrogen) atoms. The zero-order chi connectivity index (χ0) is 19.6. The maximum Gasteiger partial charge on any atom is 0.325 e. The minimum atomic E-state index is -0.867. The van der Waals surface area contributed by atoms with Crippen LogP contribution in [-0.4, -0.2) is 46.8 Å². The summed E-state index contributed by atoms with van der Waals surface area (Å²) in [7, 11) is 1.77. The highest BCUT2D eigenvalue weighted by Crippen LogP contribution is 2.18. The number of benzene rings is 2. The second-order valence-corrected chi connectivity index (χ2v) is 7.55. The van der Waals surface area contributed by atoms with Gasteiger partial charge in [0.25, 0.3) is 5.91 Å². The summed E-state index contributed by atoms with van der Waals surface area (Å²) in [4.78, 5) is 39.3. The first kappa shape index (κ1) is 18.9. The van der Waals surface area contributed by atoms with Crippen LogP contribution in [0, 0.1) is 0 Å². The Labute approximate surface area is 159 Å². The standard InChI is InChI=1S/C21H25N3O3/c1-21(2)19(26)24(20(27)22-21)12-6-9-18(25)23(3)14-15-10-11-16-7-4-5-8-17(16)13-15/h4-5,7-8,10-11,13H,6,9,12,14H2,1-3H3,(H,22,27). The first-order valence-electron chi connectivity index (χ1n) is 9.14. The molecule has 0 radical (unpaired) electrons. The van der Waals surface area contributed by atoms with Crippen molar-refractivity contribution in [3.8, 4) is 0 Å². The number of rotatable bonds is 6. The van der Waals surface area contributed by atoms with Crippen LogP contribution in [0.25, 0.3) is 10.8 Å². The van der Waals surface area contributed by atoms with E-state index in [4.69, 9.17) is 0 Å². The normalized spacial score (nSPS) is 15.9. The predicted octanol–water partition coefficient (Wildman–Crippen LogP) is 2.91. The monoisotopic (exact) mass is 367 g/mol. The van der Waals surface area contributed by atoms with Gasteiger partial charge in [0, 0.05) is 26.6 Å². The minimum Gasteiger partial charge on any atom is -0.341 e. The number of hydrogen-bond acceptors (Lipinski definition) is 3. The van der Waals surface area contributed by atoms with Gasteiger partial charge in [-0.15, -0.1) is 0 Å². The van der Waals surface area contributed by atoms with Crippen LogP contribution in [0.3, 0.4) is 0 Å². The molecule has 1 N–H and O–H groups in total. The van der Waals surface area contributed by atoms with Crippen molar-refractivity contribution < 1.29 is 14.4 Å². The maximum absolute atomic E-state index is 12.4. The van der Waals surface area contributed by atoms with Crippen molar-refractivity contribution in [1.82, 2.24) is 15.1 Å². The third-order valence-electron chi connectivity index (χ3n) is 4.88. The SMILES string of the molecule is CN(Cc1ccc2ccccc2c1)C(=O)CCCN1C(=O)NC(C)(C)C1=O. The molecular formula is C21H25N3O3. The Morgan fingerprint density at radius 2 is 1.81 bits per heavy atom. The van der Waals surface area contributed by atoms with Gasteiger partial charge in [-0.1, -0.05) is 36.4 Å². The Kier molecular flexibility index (Phi) is 5.17. The van der Waals surface area contributed by atoms with E-state index < -0.39 is 5.54 Å². The molecule has 0 atom stereocenters. The molecule has 1 aliphatic heterocycles. The Morgan fingerprint density at radius 3 is 2.48 bits per heavy atom. The van der Waals surface area contributed by atoms with E-state index in [0.29, 0.717) is 19.4 Å². The van der Waals surface area contributed by atoms with E-state index in [-0.39, 0.29) is 24.4 Å². The molecule has 0 unspecified atom stereocenters. The molecule has 1 heterocycles. The maximum atomic E-state index is 12.4. The van der Waals surface area contributed by atoms with Crippen molar-refractivity contribution in [3.05, 3.63) is 48.0 Å². The third kappa shape index (κ3) is 4.10. The Balaban J connectivity index is 1.52. The van der Waals surface area contributed by atoms with Crippen LogP contribution >= 0.6 is 0 Å². The van der Waals surface area contributed by atoms with Crippen molar-refractivity contribution in [2.24, 2.45) is 0 Å². The molecular weight excluding hydrogens is 342 g/mol. The first-order valence-corrected chi connectivity index (χ1v) is 9.14. The van der Waals surface area contributed by atoms with Gasteiger partial charge in [-0.3, -0.25) is 14.5 Å². The van der Waals surface area contributed by atoms with E-state index in [0.717, 1.165) is 10.9 Å². The lowest BCUT2D eigenvalue weighted by atomic mass is 10.1. The van der Waals surface area contributed by atoms with Crippen LogP contribution in [0.5, 0.6) is 0 Å². The van der Waals surface area contributed by atoms with Gasteiger partial charge in [-0.25, -0.2) is 4.79 Å². The fraction of sp³-hybridized carbons (Fsp3) is 0.381. The predicted molar refractivity (Wildman–Crippen MR) is 104 cm³/mol. The number of urea groups is 1. The van der Waals surface area contributed by atoms with E-state index in [1.54, 1.807) is 25.8 Å². The minimum absolute atomic E-state index is 0.00512. The number of nitrogens with zero attached hydrogens (tertiary/aromatic N) is 2. The number of imide groups is 1. The van der Waals surface area contributed by atoms with Crippen LogP contribution in [0.1, 0.15) is 32.3 Å². The highest BCUT2D eigenvalue weighted by molar-refractivity contribution is 6.06. The molecule has 2 aromatic carbocycles. The molecule has 6 heteroatoms. The van der Waals surface area contributed by atoms with Gasteiger partial charge in [0.05, 0.1) is 0 Å². The summed E-state index contributed by atoms with van der Waals surface area (Å²) in [6, 6.07) is 13.9. The van der Waals surface area contributed by atoms with Gasteiger partial charge < -0.3 is 10.2 Å². The molecule has 4 amide bonds. The molecule has 2 aromatic rings. The van der Waals surface area contributed by atoms with Crippen molar-refractivity contribution in [3.63, 3.8) is 0 Å². The molecule has 142 valence electrons. The lowest BCUT2D eigenvalue weighted by Gasteiger charge is -2.19. The van der Waals surface area contributed by atoms with Gasteiger partial charge in [0.15, 0.2) is 0 Å². The van der Waals surface area contributed by atoms with E-state index in [1.165, 1.54) is 10.3 Å². The number of amides is 4. The van der Waals surface area contributed by atoms with Crippen LogP contribution < -0.4 is 5.32 Å². The van der Waals surface area contributed by atoms with Crippen LogP contribution in [-0.2, 0) is 16.1 Å². The summed E-state index contributed by atoms with van der Waals surface area (Å²) in [5.41, 5.74) is 0.203. The van der Waals surface area contributed by atoms with Gasteiger partial charge in [-0.2, -0.15) is 0 Å². The fourth-order valence-electron chi connectivity index (χ4n) is 3.30. The second-order valence-electron chi connectivity index (χ2n) is 7.55. The zero-order valence-electron chi connectivity index (χ0n) is 16.0. The Bertz CT molecular complexity index is 891. The van der Waals surface area contributed by atoms with Crippen molar-refractivity contribution in [1.29, 1.82) is 0 Å². The Morgan fingerprint density at radius 1 is 1.11 bits per heavy atom. The van der Waals surface area contributed by atoms with E-state index in [2.05, 4.69) is 29.6 Å². The van der Waals surface area contributed by atoms with Gasteiger partial charge in [0.1, 0.15) is 5.54 Å². The third-order valence-corrected chi connectivity index (χ3v) is 4.88. The zero-order valence-corrected chi connectivity index (χ0v) is 16.0. The largest absolute Gasteiger partial charge is 0.341 e. The van der Waals surface area contributed by atoms with Crippen molar-refractivity contribution in [2.45, 2.75) is 38.8 Å². The van der Waals surface area contributed by atoms with Crippen LogP contribution in [0.4, 0.5) is 4.79 Å². The average Bonchev–Trinajstić information content (AvgIpc) is 2.82. The second kappa shape index (κ2) is 7.39. The molecule has 0 bridgehead atoms. The topological polar surface area (TPSA) is 69.7 Å². The first-order chi connectivity index (χ1) is 12.8. The Hall–Kier alpha value is -2.89. The quantitative estimate of drug-likeness (QED) is 0.798. The molecule has 1 aliphatic rings. The van der Waals surface area contributed by atoms with E-state index in [1.807, 2.05) is 18.2 Å². The van der Waals surface area contributed by atoms with E-state index in [9.17, 15) is 14.4 Å². The molecule has 1 fully saturated rings. The lowest BCUT2D eigenvalue weighted by Crippen LogP contribution is -2.40. The highest BCUT2D eigenvalue weighted by Gasteiger charge is 2.43. The average molecular weight is 367 g/mol. The van der Waals surface area contributed by atoms with Crippen molar-refractivity contribution >= 4 is 28.6 Å². The molecule has 3 rings (SSSR count). The molecule has 0 saturated carbocycles. The number of nitrogens with one attached hydrogen (secondary N) is 1. The summed E-state index contributed by atoms with van der Waals surface area (Å²) < 4.78 is 0. The molecule has 0 spiro atoms. The van der Waals surface area contributed by atoms with Crippen molar-refractivity contribution in [2.75, 3.05) is 13.6 Å². The number of carbonyl (C=O) groups excluding carboxylic acids is 3. The molecule has 1 saturated heterocycles. The summed E-state index contributed by atoms with van der Waals surface area (Å²) in [6.07, 6.45) is 0.748. The van der Waals surface area contributed by atoms with Crippen LogP contribution in [0.15, 0.2) is 42.5 Å². The number of carbonyl (C=O) groups is 3. The van der Waals surface area contributed by atoms with Gasteiger partial charge in [0.2, 0.25) is 5.91 Å². The summed E-state index contributed by atoms with van der Waals surface area (Å²) >= 11 is 0. The summed E-state index contributed by atoms with van der Waals surface area (Å²) in [5, 5.41) is 4.97. The number of hydrogen-bond donors (Lipinski definition) is 1. The fourth-order valence-corrected chi connectivity index (χ4v) is 3.30. The van der Waals surface area contributed by atoms with Crippen LogP contribution in [0.2, 0.25) is 0 Å². The molecule has 0 aromatic heterocycles. The number of fused-ring (bicyclic) bond motifs is 1. The smallest absolute Gasteiger partial charge is 0.325 e. The van der Waals surface area contributed by atoms with E-state index >= 15 is 0 Å². The van der Waals surface area contributed by atoms with Gasteiger partial charge >= 0.3 is 6.03 Å². The van der Waals surface area contributed by atoms with Gasteiger partial charge in [-0.05, 0) is 42.7 Å².